The quantitative estimate of drug-likeness (QED) is 0.837. The number of aliphatic imine (C=N–C) groups is 1. The molecule has 20 heavy (non-hydrogen) atoms. The highest BCUT2D eigenvalue weighted by Crippen LogP contribution is 2.32. The zero-order valence-electron chi connectivity index (χ0n) is 10.5. The van der Waals surface area contributed by atoms with Gasteiger partial charge in [-0.3, -0.25) is 4.99 Å². The van der Waals surface area contributed by atoms with E-state index in [1.807, 2.05) is 18.2 Å². The molecule has 0 aliphatic carbocycles. The summed E-state index contributed by atoms with van der Waals surface area (Å²) in [4.78, 5) is 4.65. The van der Waals surface area contributed by atoms with Crippen molar-refractivity contribution in [3.8, 4) is 0 Å². The number of nitrogens with zero attached hydrogens (tertiary/aromatic N) is 1. The summed E-state index contributed by atoms with van der Waals surface area (Å²) in [6, 6.07) is 14.9. The second kappa shape index (κ2) is 5.97. The van der Waals surface area contributed by atoms with Crippen molar-refractivity contribution >= 4 is 38.5 Å². The number of thioether (sulfide) groups is 1. The minimum atomic E-state index is -0.265. The van der Waals surface area contributed by atoms with Crippen LogP contribution in [0.15, 0.2) is 58.0 Å². The SMILES string of the molecule is Fc1ccc(Br)c(NC2=NC(c3ccccc3)CS2)c1. The Morgan fingerprint density at radius 1 is 1.20 bits per heavy atom. The van der Waals surface area contributed by atoms with E-state index in [1.54, 1.807) is 17.8 Å². The Hall–Kier alpha value is -1.33. The van der Waals surface area contributed by atoms with Crippen LogP contribution in [-0.2, 0) is 0 Å². The molecule has 0 bridgehead atoms. The second-order valence-electron chi connectivity index (χ2n) is 4.42. The van der Waals surface area contributed by atoms with Crippen LogP contribution in [-0.4, -0.2) is 10.9 Å². The first kappa shape index (κ1) is 13.6. The molecule has 0 saturated carbocycles. The fraction of sp³-hybridized carbons (Fsp3) is 0.133. The van der Waals surface area contributed by atoms with Crippen molar-refractivity contribution in [1.82, 2.24) is 0 Å². The van der Waals surface area contributed by atoms with Crippen molar-refractivity contribution in [2.75, 3.05) is 11.1 Å². The first-order valence-electron chi connectivity index (χ1n) is 6.20. The van der Waals surface area contributed by atoms with Crippen molar-refractivity contribution < 1.29 is 4.39 Å². The predicted molar refractivity (Wildman–Crippen MR) is 86.8 cm³/mol. The molecule has 0 saturated heterocycles. The summed E-state index contributed by atoms with van der Waals surface area (Å²) in [5.74, 6) is 0.637. The molecule has 3 rings (SSSR count). The standard InChI is InChI=1S/C15H12BrFN2S/c16-12-7-6-11(17)8-13(12)18-15-19-14(9-20-15)10-4-2-1-3-5-10/h1-8,14H,9H2,(H,18,19). The summed E-state index contributed by atoms with van der Waals surface area (Å²) >= 11 is 5.05. The number of anilines is 1. The largest absolute Gasteiger partial charge is 0.334 e. The van der Waals surface area contributed by atoms with Gasteiger partial charge in [0.05, 0.1) is 11.7 Å². The number of hydrogen-bond donors (Lipinski definition) is 1. The van der Waals surface area contributed by atoms with Crippen molar-refractivity contribution in [2.45, 2.75) is 6.04 Å². The van der Waals surface area contributed by atoms with E-state index in [9.17, 15) is 4.39 Å². The minimum Gasteiger partial charge on any atom is -0.334 e. The molecule has 1 atom stereocenters. The van der Waals surface area contributed by atoms with E-state index in [-0.39, 0.29) is 11.9 Å². The molecule has 2 aromatic carbocycles. The van der Waals surface area contributed by atoms with Crippen LogP contribution in [0.5, 0.6) is 0 Å². The smallest absolute Gasteiger partial charge is 0.161 e. The van der Waals surface area contributed by atoms with Crippen LogP contribution in [0.3, 0.4) is 0 Å². The van der Waals surface area contributed by atoms with Crippen molar-refractivity contribution in [1.29, 1.82) is 0 Å². The Morgan fingerprint density at radius 2 is 2.00 bits per heavy atom. The average molecular weight is 351 g/mol. The summed E-state index contributed by atoms with van der Waals surface area (Å²) in [5, 5.41) is 4.00. The lowest BCUT2D eigenvalue weighted by Crippen LogP contribution is -2.05. The van der Waals surface area contributed by atoms with Gasteiger partial charge in [0.2, 0.25) is 0 Å². The van der Waals surface area contributed by atoms with E-state index in [4.69, 9.17) is 0 Å². The molecular formula is C15H12BrFN2S. The van der Waals surface area contributed by atoms with E-state index in [1.165, 1.54) is 17.7 Å². The summed E-state index contributed by atoms with van der Waals surface area (Å²) < 4.78 is 14.1. The van der Waals surface area contributed by atoms with Crippen molar-refractivity contribution in [3.05, 3.63) is 64.4 Å². The number of hydrogen-bond acceptors (Lipinski definition) is 3. The molecule has 0 spiro atoms. The normalized spacial score (nSPS) is 17.9. The molecule has 0 radical (unpaired) electrons. The summed E-state index contributed by atoms with van der Waals surface area (Å²) in [7, 11) is 0. The van der Waals surface area contributed by atoms with E-state index < -0.39 is 0 Å². The van der Waals surface area contributed by atoms with Crippen LogP contribution in [0.2, 0.25) is 0 Å². The third kappa shape index (κ3) is 3.04. The van der Waals surface area contributed by atoms with E-state index >= 15 is 0 Å². The second-order valence-corrected chi connectivity index (χ2v) is 6.28. The Kier molecular flexibility index (Phi) is 4.08. The number of benzene rings is 2. The number of amidine groups is 1. The third-order valence-electron chi connectivity index (χ3n) is 3.01. The van der Waals surface area contributed by atoms with Crippen molar-refractivity contribution in [3.63, 3.8) is 0 Å². The van der Waals surface area contributed by atoms with Crippen LogP contribution in [0, 0.1) is 5.82 Å². The van der Waals surface area contributed by atoms with Crippen LogP contribution in [0.4, 0.5) is 10.1 Å². The molecule has 2 nitrogen and oxygen atoms in total. The Balaban J connectivity index is 1.77. The van der Waals surface area contributed by atoms with Gasteiger partial charge in [0.15, 0.2) is 5.17 Å². The molecule has 5 heteroatoms. The molecule has 1 N–H and O–H groups in total. The first-order valence-corrected chi connectivity index (χ1v) is 7.98. The number of nitrogens with one attached hydrogen (secondary N) is 1. The molecule has 102 valence electrons. The van der Waals surface area contributed by atoms with Crippen LogP contribution in [0.25, 0.3) is 0 Å². The van der Waals surface area contributed by atoms with Gasteiger partial charge in [-0.2, -0.15) is 0 Å². The fourth-order valence-corrected chi connectivity index (χ4v) is 3.31. The molecule has 0 aromatic heterocycles. The molecule has 1 aliphatic rings. The lowest BCUT2D eigenvalue weighted by molar-refractivity contribution is 0.628. The summed E-state index contributed by atoms with van der Waals surface area (Å²) in [6.07, 6.45) is 0. The van der Waals surface area contributed by atoms with Gasteiger partial charge in [-0.1, -0.05) is 42.1 Å². The van der Waals surface area contributed by atoms with Gasteiger partial charge in [0.25, 0.3) is 0 Å². The Morgan fingerprint density at radius 3 is 2.80 bits per heavy atom. The first-order chi connectivity index (χ1) is 9.72. The number of rotatable bonds is 2. The predicted octanol–water partition coefficient (Wildman–Crippen LogP) is 4.84. The maximum Gasteiger partial charge on any atom is 0.161 e. The molecule has 1 heterocycles. The van der Waals surface area contributed by atoms with Crippen LogP contribution in [0.1, 0.15) is 11.6 Å². The Labute approximate surface area is 129 Å². The lowest BCUT2D eigenvalue weighted by Gasteiger charge is -2.07. The van der Waals surface area contributed by atoms with E-state index in [0.717, 1.165) is 15.4 Å². The van der Waals surface area contributed by atoms with Crippen LogP contribution >= 0.6 is 27.7 Å². The lowest BCUT2D eigenvalue weighted by atomic mass is 10.1. The van der Waals surface area contributed by atoms with Gasteiger partial charge in [0, 0.05) is 10.2 Å². The van der Waals surface area contributed by atoms with Gasteiger partial charge in [-0.05, 0) is 39.7 Å². The monoisotopic (exact) mass is 350 g/mol. The molecule has 2 aromatic rings. The van der Waals surface area contributed by atoms with Gasteiger partial charge in [-0.25, -0.2) is 4.39 Å². The number of halogens is 2. The zero-order valence-corrected chi connectivity index (χ0v) is 12.9. The maximum atomic E-state index is 13.3. The molecule has 1 unspecified atom stereocenters. The summed E-state index contributed by atoms with van der Waals surface area (Å²) in [5.41, 5.74) is 1.90. The van der Waals surface area contributed by atoms with E-state index in [2.05, 4.69) is 38.4 Å². The van der Waals surface area contributed by atoms with Gasteiger partial charge in [0.1, 0.15) is 5.82 Å². The molecule has 0 amide bonds. The highest BCUT2D eigenvalue weighted by atomic mass is 79.9. The average Bonchev–Trinajstić information content (AvgIpc) is 2.92. The highest BCUT2D eigenvalue weighted by Gasteiger charge is 2.20. The van der Waals surface area contributed by atoms with E-state index in [0.29, 0.717) is 5.69 Å². The fourth-order valence-electron chi connectivity index (χ4n) is 2.00. The molecule has 1 aliphatic heterocycles. The van der Waals surface area contributed by atoms with Crippen molar-refractivity contribution in [2.24, 2.45) is 4.99 Å². The molecule has 0 fully saturated rings. The zero-order chi connectivity index (χ0) is 13.9. The van der Waals surface area contributed by atoms with Gasteiger partial charge < -0.3 is 5.32 Å². The van der Waals surface area contributed by atoms with Gasteiger partial charge in [-0.15, -0.1) is 0 Å². The molecular weight excluding hydrogens is 339 g/mol. The Bertz CT molecular complexity index is 646. The topological polar surface area (TPSA) is 24.4 Å². The van der Waals surface area contributed by atoms with Gasteiger partial charge >= 0.3 is 0 Å². The highest BCUT2D eigenvalue weighted by molar-refractivity contribution is 9.10. The maximum absolute atomic E-state index is 13.3. The summed E-state index contributed by atoms with van der Waals surface area (Å²) in [6.45, 7) is 0. The minimum absolute atomic E-state index is 0.163. The van der Waals surface area contributed by atoms with Crippen LogP contribution < -0.4 is 5.32 Å². The third-order valence-corrected chi connectivity index (χ3v) is 4.66.